The van der Waals surface area contributed by atoms with Crippen LogP contribution in [0.15, 0.2) is 17.0 Å². The lowest BCUT2D eigenvalue weighted by molar-refractivity contribution is 0.0786. The number of halogens is 3. The van der Waals surface area contributed by atoms with Crippen LogP contribution in [0.4, 0.5) is 8.78 Å². The molecule has 118 valence electrons. The fraction of sp³-hybridized carbons (Fsp3) is 0.462. The number of carbonyl (C=O) groups excluding carboxylic acids is 1. The molecule has 0 unspecified atom stereocenters. The second-order valence-corrected chi connectivity index (χ2v) is 7.20. The Morgan fingerprint density at radius 2 is 1.90 bits per heavy atom. The van der Waals surface area contributed by atoms with Gasteiger partial charge in [-0.05, 0) is 18.6 Å². The molecule has 1 aromatic carbocycles. The van der Waals surface area contributed by atoms with Gasteiger partial charge in [-0.25, -0.2) is 17.2 Å². The first-order valence-corrected chi connectivity index (χ1v) is 8.68. The Morgan fingerprint density at radius 3 is 2.43 bits per heavy atom. The van der Waals surface area contributed by atoms with Gasteiger partial charge in [0.2, 0.25) is 0 Å². The van der Waals surface area contributed by atoms with Crippen molar-refractivity contribution >= 4 is 25.6 Å². The molecule has 0 heterocycles. The molecule has 1 rings (SSSR count). The molecule has 0 aromatic heterocycles. The minimum absolute atomic E-state index is 0.367. The molecule has 0 spiro atoms. The molecule has 0 N–H and O–H groups in total. The lowest BCUT2D eigenvalue weighted by atomic mass is 10.1. The van der Waals surface area contributed by atoms with Crippen molar-refractivity contribution < 1.29 is 22.0 Å². The van der Waals surface area contributed by atoms with E-state index in [0.717, 1.165) is 25.3 Å². The Labute approximate surface area is 127 Å². The van der Waals surface area contributed by atoms with Gasteiger partial charge in [0.05, 0.1) is 10.5 Å². The van der Waals surface area contributed by atoms with E-state index in [4.69, 9.17) is 10.7 Å². The second kappa shape index (κ2) is 7.17. The second-order valence-electron chi connectivity index (χ2n) is 4.64. The maximum atomic E-state index is 13.7. The van der Waals surface area contributed by atoms with E-state index in [0.29, 0.717) is 12.6 Å². The SMILES string of the molecule is CCCCCN(C)C(=O)c1cc(S(=O)(=O)Cl)cc(F)c1F. The van der Waals surface area contributed by atoms with E-state index in [1.165, 1.54) is 11.9 Å². The average Bonchev–Trinajstić information content (AvgIpc) is 2.39. The Morgan fingerprint density at radius 1 is 1.29 bits per heavy atom. The lowest BCUT2D eigenvalue weighted by Gasteiger charge is -2.17. The standard InChI is InChI=1S/C13H16ClF2NO3S/c1-3-4-5-6-17(2)13(18)10-7-9(21(14,19)20)8-11(15)12(10)16/h7-8H,3-6H2,1-2H3. The predicted octanol–water partition coefficient (Wildman–Crippen LogP) is 3.15. The van der Waals surface area contributed by atoms with Crippen LogP contribution in [0.25, 0.3) is 0 Å². The van der Waals surface area contributed by atoms with E-state index in [2.05, 4.69) is 0 Å². The predicted molar refractivity (Wildman–Crippen MR) is 75.9 cm³/mol. The molecule has 1 amide bonds. The van der Waals surface area contributed by atoms with E-state index < -0.39 is 37.1 Å². The summed E-state index contributed by atoms with van der Waals surface area (Å²) in [6.07, 6.45) is 2.56. The van der Waals surface area contributed by atoms with Crippen LogP contribution in [0.1, 0.15) is 36.5 Å². The molecule has 0 aliphatic carbocycles. The number of hydrogen-bond acceptors (Lipinski definition) is 3. The largest absolute Gasteiger partial charge is 0.342 e. The zero-order chi connectivity index (χ0) is 16.2. The summed E-state index contributed by atoms with van der Waals surface area (Å²) in [6.45, 7) is 2.36. The van der Waals surface area contributed by atoms with Crippen LogP contribution in [0.2, 0.25) is 0 Å². The van der Waals surface area contributed by atoms with E-state index >= 15 is 0 Å². The van der Waals surface area contributed by atoms with Gasteiger partial charge in [0.15, 0.2) is 11.6 Å². The lowest BCUT2D eigenvalue weighted by Crippen LogP contribution is -2.29. The molecular formula is C13H16ClF2NO3S. The molecule has 0 saturated heterocycles. The highest BCUT2D eigenvalue weighted by atomic mass is 35.7. The summed E-state index contributed by atoms with van der Waals surface area (Å²) < 4.78 is 49.5. The van der Waals surface area contributed by atoms with Crippen LogP contribution in [-0.4, -0.2) is 32.8 Å². The van der Waals surface area contributed by atoms with Crippen molar-refractivity contribution in [3.8, 4) is 0 Å². The van der Waals surface area contributed by atoms with Crippen molar-refractivity contribution in [3.05, 3.63) is 29.3 Å². The molecule has 0 radical (unpaired) electrons. The van der Waals surface area contributed by atoms with Gasteiger partial charge in [-0.2, -0.15) is 0 Å². The monoisotopic (exact) mass is 339 g/mol. The first-order chi connectivity index (χ1) is 9.68. The van der Waals surface area contributed by atoms with Gasteiger partial charge in [-0.1, -0.05) is 19.8 Å². The average molecular weight is 340 g/mol. The normalized spacial score (nSPS) is 11.5. The van der Waals surface area contributed by atoms with Crippen LogP contribution < -0.4 is 0 Å². The third-order valence-corrected chi connectivity index (χ3v) is 4.29. The first kappa shape index (κ1) is 17.8. The van der Waals surface area contributed by atoms with Gasteiger partial charge in [0, 0.05) is 24.3 Å². The van der Waals surface area contributed by atoms with Crippen molar-refractivity contribution in [2.75, 3.05) is 13.6 Å². The van der Waals surface area contributed by atoms with Crippen LogP contribution in [0.3, 0.4) is 0 Å². The molecule has 4 nitrogen and oxygen atoms in total. The van der Waals surface area contributed by atoms with Crippen LogP contribution >= 0.6 is 10.7 Å². The van der Waals surface area contributed by atoms with Crippen molar-refractivity contribution in [2.45, 2.75) is 31.1 Å². The molecule has 21 heavy (non-hydrogen) atoms. The Hall–Kier alpha value is -1.21. The summed E-state index contributed by atoms with van der Waals surface area (Å²) >= 11 is 0. The molecule has 8 heteroatoms. The number of amides is 1. The zero-order valence-electron chi connectivity index (χ0n) is 11.7. The number of rotatable bonds is 6. The molecule has 0 aliphatic rings. The van der Waals surface area contributed by atoms with Crippen molar-refractivity contribution in [2.24, 2.45) is 0 Å². The van der Waals surface area contributed by atoms with E-state index in [-0.39, 0.29) is 0 Å². The summed E-state index contributed by atoms with van der Waals surface area (Å²) in [7, 11) is 2.29. The molecule has 0 fully saturated rings. The molecule has 0 atom stereocenters. The third-order valence-electron chi connectivity index (χ3n) is 2.96. The Kier molecular flexibility index (Phi) is 6.10. The number of carbonyl (C=O) groups is 1. The van der Waals surface area contributed by atoms with E-state index in [1.54, 1.807) is 0 Å². The number of nitrogens with zero attached hydrogens (tertiary/aromatic N) is 1. The molecule has 0 aliphatic heterocycles. The van der Waals surface area contributed by atoms with Crippen LogP contribution in [-0.2, 0) is 9.05 Å². The number of unbranched alkanes of at least 4 members (excludes halogenated alkanes) is 2. The minimum Gasteiger partial charge on any atom is -0.342 e. The van der Waals surface area contributed by atoms with Crippen molar-refractivity contribution in [1.29, 1.82) is 0 Å². The fourth-order valence-corrected chi connectivity index (χ4v) is 2.54. The van der Waals surface area contributed by atoms with Gasteiger partial charge in [-0.15, -0.1) is 0 Å². The zero-order valence-corrected chi connectivity index (χ0v) is 13.3. The topological polar surface area (TPSA) is 54.5 Å². The fourth-order valence-electron chi connectivity index (χ4n) is 1.77. The summed E-state index contributed by atoms with van der Waals surface area (Å²) in [6, 6.07) is 1.20. The molecular weight excluding hydrogens is 324 g/mol. The summed E-state index contributed by atoms with van der Waals surface area (Å²) in [5.41, 5.74) is -0.645. The maximum Gasteiger partial charge on any atom is 0.261 e. The molecule has 1 aromatic rings. The summed E-state index contributed by atoms with van der Waals surface area (Å²) in [5.74, 6) is -3.60. The van der Waals surface area contributed by atoms with Crippen LogP contribution in [0.5, 0.6) is 0 Å². The minimum atomic E-state index is -4.25. The highest BCUT2D eigenvalue weighted by Gasteiger charge is 2.23. The van der Waals surface area contributed by atoms with Gasteiger partial charge in [-0.3, -0.25) is 4.79 Å². The van der Waals surface area contributed by atoms with E-state index in [1.807, 2.05) is 6.92 Å². The number of benzene rings is 1. The van der Waals surface area contributed by atoms with Gasteiger partial charge in [0.25, 0.3) is 15.0 Å². The third kappa shape index (κ3) is 4.64. The van der Waals surface area contributed by atoms with Gasteiger partial charge < -0.3 is 4.90 Å². The first-order valence-electron chi connectivity index (χ1n) is 6.37. The van der Waals surface area contributed by atoms with E-state index in [9.17, 15) is 22.0 Å². The highest BCUT2D eigenvalue weighted by molar-refractivity contribution is 8.13. The molecule has 0 bridgehead atoms. The van der Waals surface area contributed by atoms with Gasteiger partial charge >= 0.3 is 0 Å². The Balaban J connectivity index is 3.11. The van der Waals surface area contributed by atoms with Crippen LogP contribution in [0, 0.1) is 11.6 Å². The molecule has 0 saturated carbocycles. The number of hydrogen-bond donors (Lipinski definition) is 0. The van der Waals surface area contributed by atoms with Gasteiger partial charge in [0.1, 0.15) is 0 Å². The highest BCUT2D eigenvalue weighted by Crippen LogP contribution is 2.22. The summed E-state index contributed by atoms with van der Waals surface area (Å²) in [5, 5.41) is 0. The van der Waals surface area contributed by atoms with Crippen molar-refractivity contribution in [1.82, 2.24) is 4.90 Å². The quantitative estimate of drug-likeness (QED) is 0.591. The Bertz CT molecular complexity index is 635. The smallest absolute Gasteiger partial charge is 0.261 e. The maximum absolute atomic E-state index is 13.7. The summed E-state index contributed by atoms with van der Waals surface area (Å²) in [4.78, 5) is 12.6. The van der Waals surface area contributed by atoms with Crippen molar-refractivity contribution in [3.63, 3.8) is 0 Å².